The van der Waals surface area contributed by atoms with Crippen molar-refractivity contribution in [3.05, 3.63) is 66.4 Å². The summed E-state index contributed by atoms with van der Waals surface area (Å²) in [6.07, 6.45) is 7.18. The molecule has 3 aromatic rings. The zero-order valence-electron chi connectivity index (χ0n) is 19.3. The van der Waals surface area contributed by atoms with E-state index in [0.717, 1.165) is 47.6 Å². The molecule has 0 N–H and O–H groups in total. The fourth-order valence-corrected chi connectivity index (χ4v) is 4.99. The monoisotopic (exact) mass is 442 g/mol. The van der Waals surface area contributed by atoms with Crippen molar-refractivity contribution in [2.75, 3.05) is 16.8 Å². The molecule has 6 heteroatoms. The van der Waals surface area contributed by atoms with Gasteiger partial charge in [-0.05, 0) is 37.0 Å². The number of anilines is 2. The van der Waals surface area contributed by atoms with Crippen LogP contribution >= 0.6 is 0 Å². The fourth-order valence-electron chi connectivity index (χ4n) is 4.99. The van der Waals surface area contributed by atoms with Crippen LogP contribution in [0.4, 0.5) is 11.5 Å². The Labute approximate surface area is 195 Å². The van der Waals surface area contributed by atoms with Gasteiger partial charge in [0.15, 0.2) is 11.6 Å². The van der Waals surface area contributed by atoms with Crippen molar-refractivity contribution in [3.63, 3.8) is 0 Å². The molecule has 0 unspecified atom stereocenters. The zero-order valence-corrected chi connectivity index (χ0v) is 19.3. The predicted molar refractivity (Wildman–Crippen MR) is 130 cm³/mol. The Morgan fingerprint density at radius 2 is 1.85 bits per heavy atom. The molecule has 0 saturated heterocycles. The van der Waals surface area contributed by atoms with E-state index in [4.69, 9.17) is 9.72 Å². The minimum atomic E-state index is -0.172. The number of hydrogen-bond acceptors (Lipinski definition) is 5. The van der Waals surface area contributed by atoms with Crippen LogP contribution in [0.15, 0.2) is 60.8 Å². The van der Waals surface area contributed by atoms with Gasteiger partial charge in [-0.25, -0.2) is 9.97 Å². The third-order valence-electron chi connectivity index (χ3n) is 6.75. The highest BCUT2D eigenvalue weighted by Gasteiger charge is 2.41. The summed E-state index contributed by atoms with van der Waals surface area (Å²) in [4.78, 5) is 26.7. The highest BCUT2D eigenvalue weighted by Crippen LogP contribution is 2.40. The summed E-state index contributed by atoms with van der Waals surface area (Å²) in [5.74, 6) is 2.43. The van der Waals surface area contributed by atoms with E-state index in [-0.39, 0.29) is 11.9 Å². The third kappa shape index (κ3) is 4.17. The van der Waals surface area contributed by atoms with Crippen LogP contribution in [0.5, 0.6) is 5.75 Å². The third-order valence-corrected chi connectivity index (χ3v) is 6.75. The number of fused-ring (bicyclic) bond motifs is 1. The molecule has 170 valence electrons. The molecule has 0 spiro atoms. The second-order valence-electron chi connectivity index (χ2n) is 8.87. The average molecular weight is 443 g/mol. The van der Waals surface area contributed by atoms with Crippen molar-refractivity contribution in [2.24, 2.45) is 0 Å². The normalized spacial score (nSPS) is 18.5. The van der Waals surface area contributed by atoms with Gasteiger partial charge in [-0.1, -0.05) is 62.2 Å². The van der Waals surface area contributed by atoms with Crippen molar-refractivity contribution in [1.82, 2.24) is 9.97 Å². The predicted octanol–water partition coefficient (Wildman–Crippen LogP) is 5.23. The van der Waals surface area contributed by atoms with Gasteiger partial charge in [0, 0.05) is 18.7 Å². The van der Waals surface area contributed by atoms with Gasteiger partial charge in [-0.3, -0.25) is 4.79 Å². The first kappa shape index (κ1) is 21.4. The van der Waals surface area contributed by atoms with Crippen LogP contribution in [0.25, 0.3) is 11.4 Å². The number of carbonyl (C=O) groups is 1. The minimum absolute atomic E-state index is 0.129. The molecule has 33 heavy (non-hydrogen) atoms. The van der Waals surface area contributed by atoms with Crippen LogP contribution < -0.4 is 14.5 Å². The summed E-state index contributed by atoms with van der Waals surface area (Å²) < 4.78 is 6.02. The van der Waals surface area contributed by atoms with E-state index in [9.17, 15) is 4.79 Å². The lowest BCUT2D eigenvalue weighted by molar-refractivity contribution is -0.120. The first-order valence-electron chi connectivity index (χ1n) is 11.9. The summed E-state index contributed by atoms with van der Waals surface area (Å²) >= 11 is 0. The van der Waals surface area contributed by atoms with Gasteiger partial charge in [-0.2, -0.15) is 0 Å². The molecule has 0 radical (unpaired) electrons. The Kier molecular flexibility index (Phi) is 5.99. The molecule has 6 nitrogen and oxygen atoms in total. The van der Waals surface area contributed by atoms with Gasteiger partial charge in [0.2, 0.25) is 5.91 Å². The van der Waals surface area contributed by atoms with Gasteiger partial charge in [0.25, 0.3) is 0 Å². The summed E-state index contributed by atoms with van der Waals surface area (Å²) in [5, 5.41) is 0. The molecule has 1 saturated carbocycles. The molecule has 1 aliphatic carbocycles. The Morgan fingerprint density at radius 3 is 2.61 bits per heavy atom. The van der Waals surface area contributed by atoms with Gasteiger partial charge < -0.3 is 14.5 Å². The van der Waals surface area contributed by atoms with E-state index in [1.165, 1.54) is 12.8 Å². The maximum Gasteiger partial charge on any atom is 0.249 e. The van der Waals surface area contributed by atoms with E-state index in [0.29, 0.717) is 18.5 Å². The maximum absolute atomic E-state index is 13.1. The molecule has 2 aromatic carbocycles. The number of nitrogens with zero attached hydrogens (tertiary/aromatic N) is 4. The molecule has 1 atom stereocenters. The molecule has 2 aliphatic rings. The Hall–Kier alpha value is -3.41. The summed E-state index contributed by atoms with van der Waals surface area (Å²) in [5.41, 5.74) is 2.82. The van der Waals surface area contributed by atoms with Crippen molar-refractivity contribution in [3.8, 4) is 17.1 Å². The summed E-state index contributed by atoms with van der Waals surface area (Å²) in [7, 11) is 1.83. The molecule has 0 bridgehead atoms. The molecule has 1 aliphatic heterocycles. The molecule has 1 fully saturated rings. The second kappa shape index (κ2) is 9.22. The summed E-state index contributed by atoms with van der Waals surface area (Å²) in [6, 6.07) is 18.2. The molecule has 1 aromatic heterocycles. The lowest BCUT2D eigenvalue weighted by Crippen LogP contribution is -2.55. The number of hydrogen-bond donors (Lipinski definition) is 0. The van der Waals surface area contributed by atoms with Crippen LogP contribution in [0.2, 0.25) is 0 Å². The van der Waals surface area contributed by atoms with E-state index >= 15 is 0 Å². The smallest absolute Gasteiger partial charge is 0.249 e. The average Bonchev–Trinajstić information content (AvgIpc) is 3.40. The van der Waals surface area contributed by atoms with Crippen molar-refractivity contribution >= 4 is 17.4 Å². The number of amides is 1. The molecule has 2 heterocycles. The van der Waals surface area contributed by atoms with E-state index in [2.05, 4.69) is 28.9 Å². The van der Waals surface area contributed by atoms with Gasteiger partial charge in [0.1, 0.15) is 24.1 Å². The lowest BCUT2D eigenvalue weighted by Gasteiger charge is -2.43. The minimum Gasteiger partial charge on any atom is -0.489 e. The Morgan fingerprint density at radius 1 is 1.06 bits per heavy atom. The summed E-state index contributed by atoms with van der Waals surface area (Å²) in [6.45, 7) is 2.59. The Bertz CT molecular complexity index is 1130. The highest BCUT2D eigenvalue weighted by atomic mass is 16.5. The van der Waals surface area contributed by atoms with Crippen molar-refractivity contribution in [2.45, 2.75) is 57.7 Å². The first-order chi connectivity index (χ1) is 16.2. The number of ether oxygens (including phenoxy) is 1. The number of likely N-dealkylation sites (N-methyl/N-ethyl adjacent to an activating group) is 1. The fraction of sp³-hybridized carbons (Fsp3) is 0.370. The van der Waals surface area contributed by atoms with Crippen LogP contribution in [-0.2, 0) is 11.4 Å². The number of rotatable bonds is 6. The molecule has 5 rings (SSSR count). The van der Waals surface area contributed by atoms with Crippen LogP contribution in [0.3, 0.4) is 0 Å². The quantitative estimate of drug-likeness (QED) is 0.523. The topological polar surface area (TPSA) is 58.6 Å². The van der Waals surface area contributed by atoms with Gasteiger partial charge >= 0.3 is 0 Å². The second-order valence-corrected chi connectivity index (χ2v) is 8.87. The van der Waals surface area contributed by atoms with Crippen LogP contribution in [-0.4, -0.2) is 35.0 Å². The molecular weight excluding hydrogens is 412 g/mol. The van der Waals surface area contributed by atoms with E-state index in [1.54, 1.807) is 11.1 Å². The number of benzene rings is 2. The zero-order chi connectivity index (χ0) is 22.8. The standard InChI is InChI=1S/C27H30N4O2/c1-3-23-27(32)30(2)24-17-28-25(29-26(24)31(23)21-13-7-8-14-21)20-12-9-15-22(16-20)33-18-19-10-5-4-6-11-19/h4-6,9-12,15-17,21,23H,3,7-8,13-14,18H2,1-2H3/t23-/m1/s1. The van der Waals surface area contributed by atoms with Gasteiger partial charge in [-0.15, -0.1) is 0 Å². The molecule has 1 amide bonds. The van der Waals surface area contributed by atoms with Crippen molar-refractivity contribution < 1.29 is 9.53 Å². The number of aromatic nitrogens is 2. The lowest BCUT2D eigenvalue weighted by atomic mass is 10.0. The highest BCUT2D eigenvalue weighted by molar-refractivity contribution is 6.04. The van der Waals surface area contributed by atoms with Crippen LogP contribution in [0.1, 0.15) is 44.6 Å². The van der Waals surface area contributed by atoms with E-state index in [1.807, 2.05) is 49.5 Å². The Balaban J connectivity index is 1.47. The SMILES string of the molecule is CC[C@@H]1C(=O)N(C)c2cnc(-c3cccc(OCc4ccccc4)c3)nc2N1C1CCCC1. The van der Waals surface area contributed by atoms with Gasteiger partial charge in [0.05, 0.1) is 6.20 Å². The first-order valence-corrected chi connectivity index (χ1v) is 11.9. The van der Waals surface area contributed by atoms with E-state index < -0.39 is 0 Å². The van der Waals surface area contributed by atoms with Crippen molar-refractivity contribution in [1.29, 1.82) is 0 Å². The largest absolute Gasteiger partial charge is 0.489 e. The van der Waals surface area contributed by atoms with Crippen LogP contribution in [0, 0.1) is 0 Å². The molecular formula is C27H30N4O2. The maximum atomic E-state index is 13.1. The number of carbonyl (C=O) groups excluding carboxylic acids is 1.